The van der Waals surface area contributed by atoms with E-state index in [1.54, 1.807) is 0 Å². The SMILES string of the molecule is CCOCCOCCOCCOCCOCCOCCCC(=O)NCCCCC(NC(=O)CCOCCOCCOCCOCCOCCOCCOCC)C(=O)N[C@H](CCCCNC(=O)C(CCCCNC(=O)CCOCCOCCOCCOCCOCCOCC)NC(=O)CCOCCOCCOCCOCCOCCOCC)C(=O)NC(CCCCN)C(N)=O. The van der Waals surface area contributed by atoms with E-state index in [1.807, 2.05) is 27.7 Å². The number of primary amides is 1. The van der Waals surface area contributed by atoms with Gasteiger partial charge in [-0.3, -0.25) is 38.4 Å². The molecule has 3 unspecified atom stereocenters. The van der Waals surface area contributed by atoms with Gasteiger partial charge in [-0.1, -0.05) is 0 Å². The van der Waals surface area contributed by atoms with Gasteiger partial charge in [0.1, 0.15) is 24.2 Å². The van der Waals surface area contributed by atoms with E-state index in [0.717, 1.165) is 0 Å². The number of hydrogen-bond donors (Lipinski definition) is 9. The van der Waals surface area contributed by atoms with Crippen LogP contribution in [0.5, 0.6) is 0 Å². The summed E-state index contributed by atoms with van der Waals surface area (Å²) in [5.41, 5.74) is 11.5. The van der Waals surface area contributed by atoms with Crippen molar-refractivity contribution in [3.63, 3.8) is 0 Å². The summed E-state index contributed by atoms with van der Waals surface area (Å²) in [5, 5.41) is 19.9. The van der Waals surface area contributed by atoms with Crippen molar-refractivity contribution >= 4 is 47.3 Å². The summed E-state index contributed by atoms with van der Waals surface area (Å²) in [7, 11) is 0. The second-order valence-corrected chi connectivity index (χ2v) is 28.5. The quantitative estimate of drug-likeness (QED) is 0.0381. The summed E-state index contributed by atoms with van der Waals surface area (Å²) in [4.78, 5) is 108. The van der Waals surface area contributed by atoms with E-state index in [-0.39, 0.29) is 129 Å². The van der Waals surface area contributed by atoms with Gasteiger partial charge in [0.2, 0.25) is 47.3 Å². The van der Waals surface area contributed by atoms with E-state index >= 15 is 0 Å². The Bertz CT molecular complexity index is 2510. The van der Waals surface area contributed by atoms with Crippen molar-refractivity contribution < 1.29 is 157 Å². The second kappa shape index (κ2) is 102. The van der Waals surface area contributed by atoms with Gasteiger partial charge in [-0.2, -0.15) is 0 Å². The maximum Gasteiger partial charge on any atom is 0.243 e. The van der Waals surface area contributed by atoms with E-state index in [1.165, 1.54) is 0 Å². The predicted molar refractivity (Wildman–Crippen MR) is 477 cm³/mol. The Morgan fingerprint density at radius 1 is 0.202 bits per heavy atom. The minimum absolute atomic E-state index is 0.00342. The minimum atomic E-state index is -1.25. The average Bonchev–Trinajstić information content (AvgIpc) is 0.876. The average molecular weight is 1870 g/mol. The van der Waals surface area contributed by atoms with Gasteiger partial charge in [0.15, 0.2) is 0 Å². The van der Waals surface area contributed by atoms with Crippen LogP contribution in [-0.4, -0.2) is 428 Å². The van der Waals surface area contributed by atoms with Crippen LogP contribution in [0.2, 0.25) is 0 Å². The molecular formula is C87H169N9O33. The Kier molecular flexibility index (Phi) is 97.5. The predicted octanol–water partition coefficient (Wildman–Crippen LogP) is 0.845. The van der Waals surface area contributed by atoms with Crippen LogP contribution >= 0.6 is 0 Å². The van der Waals surface area contributed by atoms with Gasteiger partial charge in [-0.15, -0.1) is 0 Å². The Labute approximate surface area is 767 Å². The molecule has 0 aromatic carbocycles. The molecule has 0 aliphatic rings. The summed E-state index contributed by atoms with van der Waals surface area (Å²) >= 11 is 0. The van der Waals surface area contributed by atoms with Gasteiger partial charge in [0.05, 0.1) is 297 Å². The number of amides is 8. The summed E-state index contributed by atoms with van der Waals surface area (Å²) in [5.74, 6) is -4.00. The molecule has 0 aromatic rings. The van der Waals surface area contributed by atoms with Gasteiger partial charge >= 0.3 is 0 Å². The van der Waals surface area contributed by atoms with Gasteiger partial charge in [0.25, 0.3) is 0 Å². The number of unbranched alkanes of at least 4 members (excludes halogenated alkanes) is 4. The summed E-state index contributed by atoms with van der Waals surface area (Å²) in [6.45, 7) is 29.2. The highest BCUT2D eigenvalue weighted by molar-refractivity contribution is 5.94. The zero-order valence-corrected chi connectivity index (χ0v) is 78.6. The van der Waals surface area contributed by atoms with Crippen LogP contribution in [0.1, 0.15) is 137 Å². The molecule has 0 saturated carbocycles. The first-order chi connectivity index (χ1) is 63.3. The maximum absolute atomic E-state index is 14.5. The molecule has 11 N–H and O–H groups in total. The maximum atomic E-state index is 14.5. The normalized spacial score (nSPS) is 12.4. The first-order valence-corrected chi connectivity index (χ1v) is 46.8. The van der Waals surface area contributed by atoms with Gasteiger partial charge < -0.3 is 167 Å². The Morgan fingerprint density at radius 3 is 0.667 bits per heavy atom. The van der Waals surface area contributed by atoms with Crippen LogP contribution < -0.4 is 48.7 Å². The lowest BCUT2D eigenvalue weighted by atomic mass is 10.0. The standard InChI is InChI=1S/C87H169N9O33/c1-5-105-34-38-113-50-54-121-66-70-125-62-58-117-46-42-109-30-17-22-80(97)90-27-15-11-20-78(94-83(100)25-33-112-45-49-120-61-65-128-74-75-129-73-69-124-57-53-116-41-37-108-8-4)86(103)96-79(87(104)95-76(84(89)101)18-9-13-26-88)21-12-16-29-92-85(102)77(93-82(99)24-32-111-44-48-119-60-64-127-72-68-123-56-52-115-40-36-107-7-3)19-10-14-28-91-81(98)23-31-110-43-47-118-59-63-126-71-67-122-55-51-114-39-35-106-6-2/h76-79H,5-75,88H2,1-4H3,(H2,89,101)(H,90,97)(H,91,98)(H,92,102)(H,93,99)(H,94,100)(H,95,104)(H,96,103)/t76?,77?,78?,79-/m1/s1. The fraction of sp³-hybridized carbons (Fsp3) is 0.908. The van der Waals surface area contributed by atoms with E-state index in [4.69, 9.17) is 130 Å². The Balaban J connectivity index is 5.88. The first-order valence-electron chi connectivity index (χ1n) is 46.8. The highest BCUT2D eigenvalue weighted by Gasteiger charge is 2.30. The van der Waals surface area contributed by atoms with Crippen LogP contribution in [0.3, 0.4) is 0 Å². The number of carbonyl (C=O) groups is 8. The molecular weight excluding hydrogens is 1700 g/mol. The molecule has 0 spiro atoms. The fourth-order valence-corrected chi connectivity index (χ4v) is 11.1. The van der Waals surface area contributed by atoms with Crippen molar-refractivity contribution in [2.24, 2.45) is 11.5 Å². The van der Waals surface area contributed by atoms with Crippen molar-refractivity contribution in [1.82, 2.24) is 37.2 Å². The fourth-order valence-electron chi connectivity index (χ4n) is 11.1. The monoisotopic (exact) mass is 1870 g/mol. The van der Waals surface area contributed by atoms with Crippen molar-refractivity contribution in [2.75, 3.05) is 357 Å². The Morgan fingerprint density at radius 2 is 0.403 bits per heavy atom. The molecule has 129 heavy (non-hydrogen) atoms. The lowest BCUT2D eigenvalue weighted by molar-refractivity contribution is -0.133. The Hall–Kier alpha value is -5.28. The van der Waals surface area contributed by atoms with E-state index in [9.17, 15) is 38.4 Å². The third-order valence-electron chi connectivity index (χ3n) is 18.0. The number of nitrogens with two attached hydrogens (primary N) is 2. The van der Waals surface area contributed by atoms with Gasteiger partial charge in [0, 0.05) is 78.4 Å². The molecule has 0 aliphatic heterocycles. The van der Waals surface area contributed by atoms with Crippen molar-refractivity contribution in [3.8, 4) is 0 Å². The molecule has 0 saturated heterocycles. The van der Waals surface area contributed by atoms with Crippen LogP contribution in [-0.2, 0) is 157 Å². The number of carbonyl (C=O) groups excluding carboxylic acids is 8. The number of hydrogen-bond acceptors (Lipinski definition) is 34. The highest BCUT2D eigenvalue weighted by Crippen LogP contribution is 2.11. The number of nitrogens with one attached hydrogen (secondary N) is 7. The smallest absolute Gasteiger partial charge is 0.243 e. The molecule has 4 atom stereocenters. The topological polar surface area (TPSA) is 504 Å². The van der Waals surface area contributed by atoms with Gasteiger partial charge in [-0.25, -0.2) is 0 Å². The second-order valence-electron chi connectivity index (χ2n) is 28.5. The molecule has 0 aliphatic carbocycles. The third-order valence-corrected chi connectivity index (χ3v) is 18.0. The highest BCUT2D eigenvalue weighted by atomic mass is 16.6. The molecule has 0 heterocycles. The van der Waals surface area contributed by atoms with Crippen molar-refractivity contribution in [1.29, 1.82) is 0 Å². The van der Waals surface area contributed by atoms with Crippen LogP contribution in [0.15, 0.2) is 0 Å². The molecule has 0 radical (unpaired) electrons. The molecule has 8 amide bonds. The first kappa shape index (κ1) is 124. The van der Waals surface area contributed by atoms with Crippen LogP contribution in [0.25, 0.3) is 0 Å². The minimum Gasteiger partial charge on any atom is -0.379 e. The summed E-state index contributed by atoms with van der Waals surface area (Å²) in [6.07, 6.45) is 4.46. The van der Waals surface area contributed by atoms with Crippen LogP contribution in [0, 0.1) is 0 Å². The molecule has 0 bridgehead atoms. The van der Waals surface area contributed by atoms with Gasteiger partial charge in [-0.05, 0) is 118 Å². The number of rotatable bonds is 107. The largest absolute Gasteiger partial charge is 0.379 e. The molecule has 42 heteroatoms. The van der Waals surface area contributed by atoms with E-state index in [0.29, 0.717) is 349 Å². The van der Waals surface area contributed by atoms with Crippen LogP contribution in [0.4, 0.5) is 0 Å². The third kappa shape index (κ3) is 91.6. The summed E-state index contributed by atoms with van der Waals surface area (Å²) < 4.78 is 137. The van der Waals surface area contributed by atoms with Crippen molar-refractivity contribution in [3.05, 3.63) is 0 Å². The van der Waals surface area contributed by atoms with Crippen molar-refractivity contribution in [2.45, 2.75) is 161 Å². The lowest BCUT2D eigenvalue weighted by Gasteiger charge is -2.25. The lowest BCUT2D eigenvalue weighted by Crippen LogP contribution is -2.56. The summed E-state index contributed by atoms with van der Waals surface area (Å²) in [6, 6.07) is -4.48. The molecule has 0 aromatic heterocycles. The zero-order chi connectivity index (χ0) is 93.8. The number of ether oxygens (including phenoxy) is 25. The zero-order valence-electron chi connectivity index (χ0n) is 78.6. The molecule has 0 fully saturated rings. The van der Waals surface area contributed by atoms with E-state index in [2.05, 4.69) is 37.2 Å². The van der Waals surface area contributed by atoms with E-state index < -0.39 is 59.6 Å². The molecule has 760 valence electrons. The molecule has 42 nitrogen and oxygen atoms in total. The molecule has 0 rings (SSSR count).